The van der Waals surface area contributed by atoms with Gasteiger partial charge in [-0.05, 0) is 13.8 Å². The summed E-state index contributed by atoms with van der Waals surface area (Å²) < 4.78 is 5.33. The second-order valence-electron chi connectivity index (χ2n) is 3.55. The highest BCUT2D eigenvalue weighted by Crippen LogP contribution is 2.32. The van der Waals surface area contributed by atoms with Crippen LogP contribution in [0.2, 0.25) is 0 Å². The molecule has 1 fully saturated rings. The summed E-state index contributed by atoms with van der Waals surface area (Å²) in [6.07, 6.45) is -0.754. The van der Waals surface area contributed by atoms with E-state index >= 15 is 0 Å². The van der Waals surface area contributed by atoms with E-state index in [1.165, 1.54) is 7.05 Å². The minimum Gasteiger partial charge on any atom is -0.481 e. The van der Waals surface area contributed by atoms with Gasteiger partial charge in [0, 0.05) is 7.05 Å². The van der Waals surface area contributed by atoms with E-state index < -0.39 is 23.9 Å². The topological polar surface area (TPSA) is 75.6 Å². The van der Waals surface area contributed by atoms with Gasteiger partial charge in [0.25, 0.3) is 0 Å². The second kappa shape index (κ2) is 6.48. The summed E-state index contributed by atoms with van der Waals surface area (Å²) in [6.45, 7) is 7.40. The lowest BCUT2D eigenvalue weighted by molar-refractivity contribution is -0.146. The first-order chi connectivity index (χ1) is 7.49. The Hall–Kier alpha value is -1.10. The standard InChI is InChI=1S/C9H15NO4.C2H6/c1-4-6(8(11)10-3)7(9(12)13)5(2)14-4;1-2/h4-7H,1-3H3,(H,10,11)(H,12,13);1-2H3. The largest absolute Gasteiger partial charge is 0.481 e. The van der Waals surface area contributed by atoms with E-state index in [9.17, 15) is 9.59 Å². The van der Waals surface area contributed by atoms with E-state index in [4.69, 9.17) is 9.84 Å². The van der Waals surface area contributed by atoms with Crippen molar-refractivity contribution in [1.82, 2.24) is 5.32 Å². The molecule has 0 radical (unpaired) electrons. The van der Waals surface area contributed by atoms with Crippen molar-refractivity contribution in [2.45, 2.75) is 39.9 Å². The summed E-state index contributed by atoms with van der Waals surface area (Å²) in [6, 6.07) is 0. The normalized spacial score (nSPS) is 32.6. The molecule has 0 aromatic heterocycles. The van der Waals surface area contributed by atoms with Crippen molar-refractivity contribution in [3.63, 3.8) is 0 Å². The first-order valence-corrected chi connectivity index (χ1v) is 5.59. The molecule has 1 amide bonds. The van der Waals surface area contributed by atoms with E-state index in [2.05, 4.69) is 5.32 Å². The number of carbonyl (C=O) groups is 2. The Labute approximate surface area is 96.2 Å². The van der Waals surface area contributed by atoms with Crippen LogP contribution >= 0.6 is 0 Å². The van der Waals surface area contributed by atoms with Crippen LogP contribution < -0.4 is 5.32 Å². The van der Waals surface area contributed by atoms with Gasteiger partial charge in [0.1, 0.15) is 0 Å². The average Bonchev–Trinajstić information content (AvgIpc) is 2.55. The molecular formula is C11H21NO4. The lowest BCUT2D eigenvalue weighted by Gasteiger charge is -2.16. The third-order valence-corrected chi connectivity index (χ3v) is 2.66. The van der Waals surface area contributed by atoms with E-state index in [-0.39, 0.29) is 12.0 Å². The maximum atomic E-state index is 11.4. The van der Waals surface area contributed by atoms with Gasteiger partial charge < -0.3 is 15.2 Å². The van der Waals surface area contributed by atoms with Gasteiger partial charge in [-0.3, -0.25) is 9.59 Å². The predicted molar refractivity (Wildman–Crippen MR) is 60.0 cm³/mol. The summed E-state index contributed by atoms with van der Waals surface area (Å²) in [7, 11) is 1.50. The first kappa shape index (κ1) is 14.9. The molecule has 94 valence electrons. The van der Waals surface area contributed by atoms with Crippen LogP contribution in [0.15, 0.2) is 0 Å². The number of hydrogen-bond donors (Lipinski definition) is 2. The van der Waals surface area contributed by atoms with Crippen LogP contribution in [0.1, 0.15) is 27.7 Å². The van der Waals surface area contributed by atoms with Crippen molar-refractivity contribution in [3.05, 3.63) is 0 Å². The molecule has 16 heavy (non-hydrogen) atoms. The molecule has 1 saturated heterocycles. The number of carboxylic acid groups (broad SMARTS) is 1. The molecule has 4 unspecified atom stereocenters. The summed E-state index contributed by atoms with van der Waals surface area (Å²) in [5.41, 5.74) is 0. The number of carboxylic acids is 1. The first-order valence-electron chi connectivity index (χ1n) is 5.59. The fraction of sp³-hybridized carbons (Fsp3) is 0.818. The maximum Gasteiger partial charge on any atom is 0.310 e. The molecule has 0 aromatic rings. The van der Waals surface area contributed by atoms with Gasteiger partial charge in [-0.15, -0.1) is 0 Å². The Morgan fingerprint density at radius 1 is 1.12 bits per heavy atom. The van der Waals surface area contributed by atoms with Crippen molar-refractivity contribution >= 4 is 11.9 Å². The zero-order valence-electron chi connectivity index (χ0n) is 10.5. The lowest BCUT2D eigenvalue weighted by atomic mass is 9.87. The highest BCUT2D eigenvalue weighted by atomic mass is 16.5. The Kier molecular flexibility index (Phi) is 6.03. The van der Waals surface area contributed by atoms with Crippen LogP contribution in [-0.2, 0) is 14.3 Å². The molecule has 0 aliphatic carbocycles. The third-order valence-electron chi connectivity index (χ3n) is 2.66. The van der Waals surface area contributed by atoms with Crippen LogP contribution in [0.25, 0.3) is 0 Å². The monoisotopic (exact) mass is 231 g/mol. The molecule has 1 heterocycles. The molecule has 5 nitrogen and oxygen atoms in total. The van der Waals surface area contributed by atoms with Crippen molar-refractivity contribution in [2.24, 2.45) is 11.8 Å². The predicted octanol–water partition coefficient (Wildman–Crippen LogP) is 0.883. The molecule has 1 aliphatic rings. The molecule has 0 saturated carbocycles. The van der Waals surface area contributed by atoms with Gasteiger partial charge in [0.2, 0.25) is 5.91 Å². The minimum atomic E-state index is -0.976. The van der Waals surface area contributed by atoms with Gasteiger partial charge in [0.15, 0.2) is 0 Å². The summed E-state index contributed by atoms with van der Waals surface area (Å²) >= 11 is 0. The van der Waals surface area contributed by atoms with Gasteiger partial charge in [-0.2, -0.15) is 0 Å². The molecule has 2 N–H and O–H groups in total. The summed E-state index contributed by atoms with van der Waals surface area (Å²) in [5, 5.41) is 11.4. The summed E-state index contributed by atoms with van der Waals surface area (Å²) in [5.74, 6) is -2.58. The van der Waals surface area contributed by atoms with Crippen molar-refractivity contribution in [1.29, 1.82) is 0 Å². The number of rotatable bonds is 2. The molecule has 0 aromatic carbocycles. The molecular weight excluding hydrogens is 210 g/mol. The smallest absolute Gasteiger partial charge is 0.310 e. The van der Waals surface area contributed by atoms with E-state index in [0.29, 0.717) is 0 Å². The van der Waals surface area contributed by atoms with Crippen LogP contribution in [0.5, 0.6) is 0 Å². The van der Waals surface area contributed by atoms with Crippen molar-refractivity contribution in [3.8, 4) is 0 Å². The molecule has 0 spiro atoms. The number of aliphatic carboxylic acids is 1. The highest BCUT2D eigenvalue weighted by molar-refractivity contribution is 5.85. The fourth-order valence-corrected chi connectivity index (χ4v) is 1.99. The van der Waals surface area contributed by atoms with Crippen LogP contribution in [0, 0.1) is 11.8 Å². The van der Waals surface area contributed by atoms with Crippen LogP contribution in [-0.4, -0.2) is 36.2 Å². The molecule has 0 bridgehead atoms. The fourth-order valence-electron chi connectivity index (χ4n) is 1.99. The van der Waals surface area contributed by atoms with Gasteiger partial charge in [-0.25, -0.2) is 0 Å². The Bertz CT molecular complexity index is 254. The molecule has 4 atom stereocenters. The van der Waals surface area contributed by atoms with Gasteiger partial charge >= 0.3 is 5.97 Å². The number of nitrogens with one attached hydrogen (secondary N) is 1. The molecule has 5 heteroatoms. The van der Waals surface area contributed by atoms with Crippen molar-refractivity contribution < 1.29 is 19.4 Å². The zero-order chi connectivity index (χ0) is 12.9. The molecule has 1 aliphatic heterocycles. The van der Waals surface area contributed by atoms with Gasteiger partial charge in [0.05, 0.1) is 24.0 Å². The number of amides is 1. The number of hydrogen-bond acceptors (Lipinski definition) is 3. The quantitative estimate of drug-likeness (QED) is 0.739. The number of ether oxygens (including phenoxy) is 1. The number of carbonyl (C=O) groups excluding carboxylic acids is 1. The van der Waals surface area contributed by atoms with E-state index in [0.717, 1.165) is 0 Å². The van der Waals surface area contributed by atoms with E-state index in [1.54, 1.807) is 13.8 Å². The molecule has 1 rings (SSSR count). The Morgan fingerprint density at radius 3 is 1.94 bits per heavy atom. The highest BCUT2D eigenvalue weighted by Gasteiger charge is 2.47. The average molecular weight is 231 g/mol. The SMILES string of the molecule is CC.CNC(=O)C1C(C)OC(C)C1C(=O)O. The van der Waals surface area contributed by atoms with Gasteiger partial charge in [-0.1, -0.05) is 13.8 Å². The van der Waals surface area contributed by atoms with Crippen molar-refractivity contribution in [2.75, 3.05) is 7.05 Å². The minimum absolute atomic E-state index is 0.269. The lowest BCUT2D eigenvalue weighted by Crippen LogP contribution is -2.39. The van der Waals surface area contributed by atoms with Crippen LogP contribution in [0.3, 0.4) is 0 Å². The Morgan fingerprint density at radius 2 is 1.56 bits per heavy atom. The third kappa shape index (κ3) is 2.95. The summed E-state index contributed by atoms with van der Waals surface area (Å²) in [4.78, 5) is 22.4. The Balaban J connectivity index is 0.00000106. The second-order valence-corrected chi connectivity index (χ2v) is 3.55. The zero-order valence-corrected chi connectivity index (χ0v) is 10.5. The maximum absolute atomic E-state index is 11.4. The van der Waals surface area contributed by atoms with E-state index in [1.807, 2.05) is 13.8 Å². The van der Waals surface area contributed by atoms with Crippen LogP contribution in [0.4, 0.5) is 0 Å².